The van der Waals surface area contributed by atoms with Gasteiger partial charge in [-0.3, -0.25) is 4.79 Å². The van der Waals surface area contributed by atoms with Crippen molar-refractivity contribution in [3.05, 3.63) is 23.8 Å². The zero-order valence-corrected chi connectivity index (χ0v) is 12.8. The van der Waals surface area contributed by atoms with Gasteiger partial charge in [0.1, 0.15) is 5.75 Å². The van der Waals surface area contributed by atoms with E-state index in [1.807, 2.05) is 6.07 Å². The molecule has 1 aromatic rings. The fourth-order valence-corrected chi connectivity index (χ4v) is 2.60. The van der Waals surface area contributed by atoms with Crippen molar-refractivity contribution in [1.29, 1.82) is 0 Å². The van der Waals surface area contributed by atoms with E-state index in [0.29, 0.717) is 18.8 Å². The zero-order valence-electron chi connectivity index (χ0n) is 12.8. The molecule has 1 amide bonds. The highest BCUT2D eigenvalue weighted by molar-refractivity contribution is 5.97. The summed E-state index contributed by atoms with van der Waals surface area (Å²) >= 11 is 0. The lowest BCUT2D eigenvalue weighted by Gasteiger charge is -2.24. The number of aromatic hydroxyl groups is 1. The minimum absolute atomic E-state index is 0.0314. The minimum atomic E-state index is -0.217. The molecule has 1 aliphatic rings. The van der Waals surface area contributed by atoms with Gasteiger partial charge in [0.05, 0.1) is 5.56 Å². The molecule has 0 unspecified atom stereocenters. The van der Waals surface area contributed by atoms with Gasteiger partial charge >= 0.3 is 0 Å². The molecular formula is C16H24N2O3. The van der Waals surface area contributed by atoms with Crippen LogP contribution in [-0.4, -0.2) is 43.4 Å². The summed E-state index contributed by atoms with van der Waals surface area (Å²) in [6.07, 6.45) is 1.65. The monoisotopic (exact) mass is 292 g/mol. The smallest absolute Gasteiger partial charge is 0.255 e. The van der Waals surface area contributed by atoms with Gasteiger partial charge in [-0.25, -0.2) is 0 Å². The summed E-state index contributed by atoms with van der Waals surface area (Å²) in [6, 6.07) is 5.36. The van der Waals surface area contributed by atoms with Crippen LogP contribution in [0.2, 0.25) is 0 Å². The number of amides is 1. The Hall–Kier alpha value is -1.75. The van der Waals surface area contributed by atoms with E-state index in [1.165, 1.54) is 0 Å². The molecule has 1 aromatic carbocycles. The first-order chi connectivity index (χ1) is 10.2. The van der Waals surface area contributed by atoms with E-state index >= 15 is 0 Å². The predicted molar refractivity (Wildman–Crippen MR) is 83.0 cm³/mol. The topological polar surface area (TPSA) is 61.8 Å². The Morgan fingerprint density at radius 2 is 2.00 bits per heavy atom. The van der Waals surface area contributed by atoms with Crippen molar-refractivity contribution in [3.8, 4) is 5.75 Å². The van der Waals surface area contributed by atoms with Gasteiger partial charge in [0, 0.05) is 44.1 Å². The Bertz CT molecular complexity index is 480. The number of hydrogen-bond acceptors (Lipinski definition) is 4. The highest BCUT2D eigenvalue weighted by Gasteiger charge is 2.19. The summed E-state index contributed by atoms with van der Waals surface area (Å²) in [7, 11) is 0. The average Bonchev–Trinajstić information content (AvgIpc) is 2.49. The molecule has 0 aromatic heterocycles. The molecule has 5 heteroatoms. The zero-order chi connectivity index (χ0) is 15.2. The van der Waals surface area contributed by atoms with Crippen molar-refractivity contribution in [2.75, 3.05) is 31.2 Å². The molecule has 0 spiro atoms. The summed E-state index contributed by atoms with van der Waals surface area (Å²) in [5.74, 6) is -0.186. The van der Waals surface area contributed by atoms with Crippen LogP contribution in [0.5, 0.6) is 5.75 Å². The Morgan fingerprint density at radius 1 is 1.33 bits per heavy atom. The Morgan fingerprint density at radius 3 is 2.57 bits per heavy atom. The lowest BCUT2D eigenvalue weighted by atomic mass is 10.1. The molecule has 0 atom stereocenters. The summed E-state index contributed by atoms with van der Waals surface area (Å²) in [6.45, 7) is 7.21. The van der Waals surface area contributed by atoms with Crippen molar-refractivity contribution in [3.63, 3.8) is 0 Å². The molecule has 0 saturated carbocycles. The van der Waals surface area contributed by atoms with Crippen LogP contribution < -0.4 is 10.2 Å². The number of phenols is 1. The molecule has 21 heavy (non-hydrogen) atoms. The van der Waals surface area contributed by atoms with Crippen LogP contribution >= 0.6 is 0 Å². The number of carbonyl (C=O) groups excluding carboxylic acids is 1. The molecule has 1 fully saturated rings. The minimum Gasteiger partial charge on any atom is -0.507 e. The number of nitrogens with one attached hydrogen (secondary N) is 1. The van der Waals surface area contributed by atoms with Crippen LogP contribution in [0.1, 0.15) is 37.0 Å². The molecule has 5 nitrogen and oxygen atoms in total. The maximum Gasteiger partial charge on any atom is 0.255 e. The van der Waals surface area contributed by atoms with E-state index in [4.69, 9.17) is 4.74 Å². The van der Waals surface area contributed by atoms with Gasteiger partial charge in [0.15, 0.2) is 0 Å². The molecule has 0 aliphatic carbocycles. The number of nitrogens with zero attached hydrogens (tertiary/aromatic N) is 1. The van der Waals surface area contributed by atoms with Gasteiger partial charge in [0.2, 0.25) is 0 Å². The van der Waals surface area contributed by atoms with E-state index in [0.717, 1.165) is 31.6 Å². The van der Waals surface area contributed by atoms with E-state index in [9.17, 15) is 9.90 Å². The number of anilines is 1. The normalized spacial score (nSPS) is 15.7. The molecule has 116 valence electrons. The molecule has 0 bridgehead atoms. The maximum atomic E-state index is 12.2. The highest BCUT2D eigenvalue weighted by Crippen LogP contribution is 2.25. The molecule has 2 N–H and O–H groups in total. The van der Waals surface area contributed by atoms with Crippen molar-refractivity contribution in [2.24, 2.45) is 0 Å². The summed E-state index contributed by atoms with van der Waals surface area (Å²) in [4.78, 5) is 14.4. The second-order valence-corrected chi connectivity index (χ2v) is 5.23. The van der Waals surface area contributed by atoms with Gasteiger partial charge in [-0.1, -0.05) is 0 Å². The molecule has 2 rings (SSSR count). The first kappa shape index (κ1) is 15.6. The van der Waals surface area contributed by atoms with Crippen LogP contribution in [0, 0.1) is 0 Å². The molecular weight excluding hydrogens is 268 g/mol. The SMILES string of the molecule is CCN(CC)c1ccc(C(=O)NC2CCOCC2)c(O)c1. The van der Waals surface area contributed by atoms with Crippen LogP contribution in [0.3, 0.4) is 0 Å². The molecule has 1 saturated heterocycles. The fraction of sp³-hybridized carbons (Fsp3) is 0.562. The second kappa shape index (κ2) is 7.31. The standard InChI is InChI=1S/C16H24N2O3/c1-3-18(4-2)13-5-6-14(15(19)11-13)16(20)17-12-7-9-21-10-8-12/h5-6,11-12,19H,3-4,7-10H2,1-2H3,(H,17,20). The third-order valence-electron chi connectivity index (χ3n) is 3.91. The second-order valence-electron chi connectivity index (χ2n) is 5.23. The van der Waals surface area contributed by atoms with E-state index < -0.39 is 0 Å². The number of hydrogen-bond donors (Lipinski definition) is 2. The first-order valence-electron chi connectivity index (χ1n) is 7.62. The lowest BCUT2D eigenvalue weighted by molar-refractivity contribution is 0.0695. The van der Waals surface area contributed by atoms with Crippen molar-refractivity contribution >= 4 is 11.6 Å². The van der Waals surface area contributed by atoms with Crippen molar-refractivity contribution in [2.45, 2.75) is 32.7 Å². The van der Waals surface area contributed by atoms with Gasteiger partial charge < -0.3 is 20.1 Å². The van der Waals surface area contributed by atoms with Crippen molar-refractivity contribution < 1.29 is 14.6 Å². The van der Waals surface area contributed by atoms with Gasteiger partial charge in [-0.2, -0.15) is 0 Å². The Labute approximate surface area is 125 Å². The van der Waals surface area contributed by atoms with Gasteiger partial charge in [-0.05, 0) is 38.8 Å². The fourth-order valence-electron chi connectivity index (χ4n) is 2.60. The number of rotatable bonds is 5. The number of carbonyl (C=O) groups is 1. The van der Waals surface area contributed by atoms with Crippen molar-refractivity contribution in [1.82, 2.24) is 5.32 Å². The molecule has 0 radical (unpaired) electrons. The average molecular weight is 292 g/mol. The van der Waals surface area contributed by atoms with Crippen LogP contribution in [-0.2, 0) is 4.74 Å². The number of benzene rings is 1. The summed E-state index contributed by atoms with van der Waals surface area (Å²) in [5.41, 5.74) is 1.26. The van der Waals surface area contributed by atoms with Crippen LogP contribution in [0.25, 0.3) is 0 Å². The Kier molecular flexibility index (Phi) is 5.44. The van der Waals surface area contributed by atoms with E-state index in [-0.39, 0.29) is 17.7 Å². The molecule has 1 heterocycles. The number of ether oxygens (including phenoxy) is 1. The third-order valence-corrected chi connectivity index (χ3v) is 3.91. The van der Waals surface area contributed by atoms with Crippen LogP contribution in [0.15, 0.2) is 18.2 Å². The molecule has 1 aliphatic heterocycles. The van der Waals surface area contributed by atoms with Gasteiger partial charge in [0.25, 0.3) is 5.91 Å². The Balaban J connectivity index is 2.07. The lowest BCUT2D eigenvalue weighted by Crippen LogP contribution is -2.38. The number of phenolic OH excluding ortho intramolecular Hbond substituents is 1. The van der Waals surface area contributed by atoms with Gasteiger partial charge in [-0.15, -0.1) is 0 Å². The quantitative estimate of drug-likeness (QED) is 0.873. The highest BCUT2D eigenvalue weighted by atomic mass is 16.5. The van der Waals surface area contributed by atoms with E-state index in [1.54, 1.807) is 12.1 Å². The summed E-state index contributed by atoms with van der Waals surface area (Å²) < 4.78 is 5.27. The third kappa shape index (κ3) is 3.88. The first-order valence-corrected chi connectivity index (χ1v) is 7.62. The predicted octanol–water partition coefficient (Wildman–Crippen LogP) is 2.15. The largest absolute Gasteiger partial charge is 0.507 e. The van der Waals surface area contributed by atoms with E-state index in [2.05, 4.69) is 24.1 Å². The maximum absolute atomic E-state index is 12.2. The van der Waals surface area contributed by atoms with Crippen LogP contribution in [0.4, 0.5) is 5.69 Å². The summed E-state index contributed by atoms with van der Waals surface area (Å²) in [5, 5.41) is 13.1.